The third-order valence-corrected chi connectivity index (χ3v) is 3.67. The highest BCUT2D eigenvalue weighted by Crippen LogP contribution is 2.14. The van der Waals surface area contributed by atoms with E-state index in [0.717, 1.165) is 25.3 Å². The second-order valence-corrected chi connectivity index (χ2v) is 5.04. The first-order chi connectivity index (χ1) is 9.74. The Kier molecular flexibility index (Phi) is 5.27. The summed E-state index contributed by atoms with van der Waals surface area (Å²) in [5.41, 5.74) is 10.8. The van der Waals surface area contributed by atoms with Crippen molar-refractivity contribution in [2.45, 2.75) is 33.5 Å². The van der Waals surface area contributed by atoms with E-state index in [-0.39, 0.29) is 0 Å². The first kappa shape index (κ1) is 14.7. The van der Waals surface area contributed by atoms with Crippen molar-refractivity contribution >= 4 is 0 Å². The average molecular weight is 269 g/mol. The van der Waals surface area contributed by atoms with E-state index in [4.69, 9.17) is 5.73 Å². The van der Waals surface area contributed by atoms with Gasteiger partial charge in [-0.1, -0.05) is 37.3 Å². The highest BCUT2D eigenvalue weighted by Gasteiger charge is 2.09. The Hall–Kier alpha value is -1.71. The summed E-state index contributed by atoms with van der Waals surface area (Å²) in [6, 6.07) is 12.5. The smallest absolute Gasteiger partial charge is 0.0573 e. The summed E-state index contributed by atoms with van der Waals surface area (Å²) in [7, 11) is 0. The van der Waals surface area contributed by atoms with Crippen LogP contribution in [0.5, 0.6) is 0 Å². The number of aryl methyl sites for hydroxylation is 1. The molecule has 0 saturated carbocycles. The van der Waals surface area contributed by atoms with E-state index in [2.05, 4.69) is 48.0 Å². The van der Waals surface area contributed by atoms with Crippen molar-refractivity contribution in [2.75, 3.05) is 6.54 Å². The molecule has 3 nitrogen and oxygen atoms in total. The third-order valence-electron chi connectivity index (χ3n) is 3.67. The maximum Gasteiger partial charge on any atom is 0.0573 e. The van der Waals surface area contributed by atoms with Crippen molar-refractivity contribution < 1.29 is 0 Å². The molecule has 0 radical (unpaired) electrons. The van der Waals surface area contributed by atoms with Crippen molar-refractivity contribution in [3.8, 4) is 0 Å². The molecule has 0 atom stereocenters. The van der Waals surface area contributed by atoms with Crippen LogP contribution in [0.4, 0.5) is 0 Å². The van der Waals surface area contributed by atoms with Crippen LogP contribution < -0.4 is 5.73 Å². The lowest BCUT2D eigenvalue weighted by Crippen LogP contribution is -2.24. The molecule has 1 aromatic heterocycles. The highest BCUT2D eigenvalue weighted by molar-refractivity contribution is 5.27. The molecule has 1 heterocycles. The van der Waals surface area contributed by atoms with Gasteiger partial charge in [0.1, 0.15) is 0 Å². The van der Waals surface area contributed by atoms with Gasteiger partial charge in [0.25, 0.3) is 0 Å². The van der Waals surface area contributed by atoms with Crippen LogP contribution in [0.1, 0.15) is 29.3 Å². The maximum absolute atomic E-state index is 5.81. The number of pyridine rings is 1. The van der Waals surface area contributed by atoms with Crippen LogP contribution in [0.25, 0.3) is 0 Å². The zero-order chi connectivity index (χ0) is 14.4. The van der Waals surface area contributed by atoms with Crippen molar-refractivity contribution in [1.82, 2.24) is 9.88 Å². The number of benzene rings is 1. The molecule has 0 aliphatic carbocycles. The van der Waals surface area contributed by atoms with E-state index in [1.165, 1.54) is 16.7 Å². The molecule has 0 saturated heterocycles. The predicted molar refractivity (Wildman–Crippen MR) is 83.1 cm³/mol. The largest absolute Gasteiger partial charge is 0.326 e. The molecular weight excluding hydrogens is 246 g/mol. The summed E-state index contributed by atoms with van der Waals surface area (Å²) in [6.07, 6.45) is 1.87. The van der Waals surface area contributed by atoms with Gasteiger partial charge in [0.05, 0.1) is 5.69 Å². The molecule has 3 heteroatoms. The Labute approximate surface area is 121 Å². The van der Waals surface area contributed by atoms with Crippen LogP contribution in [-0.4, -0.2) is 16.4 Å². The van der Waals surface area contributed by atoms with E-state index in [1.54, 1.807) is 0 Å². The predicted octanol–water partition coefficient (Wildman–Crippen LogP) is 2.87. The number of hydrogen-bond donors (Lipinski definition) is 1. The van der Waals surface area contributed by atoms with E-state index in [9.17, 15) is 0 Å². The van der Waals surface area contributed by atoms with Gasteiger partial charge in [-0.2, -0.15) is 0 Å². The quantitative estimate of drug-likeness (QED) is 0.877. The fourth-order valence-corrected chi connectivity index (χ4v) is 2.33. The zero-order valence-electron chi connectivity index (χ0n) is 12.3. The fourth-order valence-electron chi connectivity index (χ4n) is 2.33. The number of nitrogens with two attached hydrogens (primary N) is 1. The van der Waals surface area contributed by atoms with Crippen LogP contribution in [0.3, 0.4) is 0 Å². The summed E-state index contributed by atoms with van der Waals surface area (Å²) in [6.45, 7) is 7.68. The van der Waals surface area contributed by atoms with Gasteiger partial charge in [-0.3, -0.25) is 9.88 Å². The standard InChI is InChI=1S/C17H23N3/c1-3-20(13-17-14(2)7-6-10-19-17)12-16-9-5-4-8-15(16)11-18/h4-10H,3,11-13,18H2,1-2H3. The van der Waals surface area contributed by atoms with Gasteiger partial charge in [-0.15, -0.1) is 0 Å². The van der Waals surface area contributed by atoms with Gasteiger partial charge in [-0.05, 0) is 36.2 Å². The summed E-state index contributed by atoms with van der Waals surface area (Å²) >= 11 is 0. The molecule has 0 unspecified atom stereocenters. The summed E-state index contributed by atoms with van der Waals surface area (Å²) in [5, 5.41) is 0. The van der Waals surface area contributed by atoms with Crippen molar-refractivity contribution in [3.05, 3.63) is 65.0 Å². The zero-order valence-corrected chi connectivity index (χ0v) is 12.3. The minimum atomic E-state index is 0.594. The second kappa shape index (κ2) is 7.17. The molecule has 106 valence electrons. The third kappa shape index (κ3) is 3.65. The van der Waals surface area contributed by atoms with E-state index in [0.29, 0.717) is 6.54 Å². The molecule has 0 aliphatic rings. The second-order valence-electron chi connectivity index (χ2n) is 5.04. The van der Waals surface area contributed by atoms with E-state index in [1.807, 2.05) is 18.3 Å². The van der Waals surface area contributed by atoms with Gasteiger partial charge in [0, 0.05) is 25.8 Å². The topological polar surface area (TPSA) is 42.1 Å². The molecule has 1 aromatic carbocycles. The number of hydrogen-bond acceptors (Lipinski definition) is 3. The Morgan fingerprint density at radius 2 is 1.80 bits per heavy atom. The van der Waals surface area contributed by atoms with Crippen LogP contribution in [0, 0.1) is 6.92 Å². The van der Waals surface area contributed by atoms with Gasteiger partial charge in [0.2, 0.25) is 0 Å². The Morgan fingerprint density at radius 3 is 2.45 bits per heavy atom. The summed E-state index contributed by atoms with van der Waals surface area (Å²) in [5.74, 6) is 0. The van der Waals surface area contributed by atoms with E-state index < -0.39 is 0 Å². The maximum atomic E-state index is 5.81. The average Bonchev–Trinajstić information content (AvgIpc) is 2.49. The molecule has 2 N–H and O–H groups in total. The number of aromatic nitrogens is 1. The minimum Gasteiger partial charge on any atom is -0.326 e. The fraction of sp³-hybridized carbons (Fsp3) is 0.353. The molecule has 0 aliphatic heterocycles. The molecule has 20 heavy (non-hydrogen) atoms. The van der Waals surface area contributed by atoms with Gasteiger partial charge >= 0.3 is 0 Å². The Balaban J connectivity index is 2.11. The van der Waals surface area contributed by atoms with Crippen molar-refractivity contribution in [3.63, 3.8) is 0 Å². The molecule has 0 amide bonds. The van der Waals surface area contributed by atoms with Crippen LogP contribution >= 0.6 is 0 Å². The molecule has 0 fully saturated rings. The molecular formula is C17H23N3. The lowest BCUT2D eigenvalue weighted by atomic mass is 10.1. The highest BCUT2D eigenvalue weighted by atomic mass is 15.1. The van der Waals surface area contributed by atoms with Gasteiger partial charge in [-0.25, -0.2) is 0 Å². The number of rotatable bonds is 6. The van der Waals surface area contributed by atoms with Crippen LogP contribution in [0.15, 0.2) is 42.6 Å². The first-order valence-electron chi connectivity index (χ1n) is 7.14. The molecule has 0 bridgehead atoms. The van der Waals surface area contributed by atoms with Crippen LogP contribution in [0.2, 0.25) is 0 Å². The van der Waals surface area contributed by atoms with Crippen molar-refractivity contribution in [1.29, 1.82) is 0 Å². The minimum absolute atomic E-state index is 0.594. The number of nitrogens with zero attached hydrogens (tertiary/aromatic N) is 2. The van der Waals surface area contributed by atoms with Gasteiger partial charge < -0.3 is 5.73 Å². The molecule has 2 aromatic rings. The van der Waals surface area contributed by atoms with Crippen molar-refractivity contribution in [2.24, 2.45) is 5.73 Å². The first-order valence-corrected chi connectivity index (χ1v) is 7.14. The summed E-state index contributed by atoms with van der Waals surface area (Å²) in [4.78, 5) is 6.88. The van der Waals surface area contributed by atoms with Gasteiger partial charge in [0.15, 0.2) is 0 Å². The normalized spacial score (nSPS) is 11.0. The lowest BCUT2D eigenvalue weighted by molar-refractivity contribution is 0.267. The molecule has 0 spiro atoms. The Bertz CT molecular complexity index is 551. The SMILES string of the molecule is CCN(Cc1ccccc1CN)Cc1ncccc1C. The Morgan fingerprint density at radius 1 is 1.05 bits per heavy atom. The van der Waals surface area contributed by atoms with E-state index >= 15 is 0 Å². The lowest BCUT2D eigenvalue weighted by Gasteiger charge is -2.22. The monoisotopic (exact) mass is 269 g/mol. The van der Waals surface area contributed by atoms with Crippen LogP contribution in [-0.2, 0) is 19.6 Å². The molecule has 2 rings (SSSR count). The summed E-state index contributed by atoms with van der Waals surface area (Å²) < 4.78 is 0.